The van der Waals surface area contributed by atoms with Gasteiger partial charge in [-0.15, -0.1) is 0 Å². The van der Waals surface area contributed by atoms with Gasteiger partial charge in [-0.2, -0.15) is 5.10 Å². The Morgan fingerprint density at radius 3 is 2.48 bits per heavy atom. The molecule has 4 aromatic rings. The van der Waals surface area contributed by atoms with Crippen molar-refractivity contribution in [3.63, 3.8) is 0 Å². The molecule has 1 heterocycles. The highest BCUT2D eigenvalue weighted by Gasteiger charge is 2.18. The zero-order valence-corrected chi connectivity index (χ0v) is 14.9. The second-order valence-corrected chi connectivity index (χ2v) is 7.59. The number of nitrogens with zero attached hydrogens (tertiary/aromatic N) is 2. The highest BCUT2D eigenvalue weighted by Crippen LogP contribution is 2.23. The molecule has 0 aliphatic rings. The van der Waals surface area contributed by atoms with Gasteiger partial charge >= 0.3 is 0 Å². The number of hydrogen-bond donors (Lipinski definition) is 1. The summed E-state index contributed by atoms with van der Waals surface area (Å²) in [6.45, 7) is 0. The molecule has 1 amide bonds. The van der Waals surface area contributed by atoms with E-state index >= 15 is 0 Å². The monoisotopic (exact) mass is 377 g/mol. The average Bonchev–Trinajstić information content (AvgIpc) is 3.22. The van der Waals surface area contributed by atoms with Crippen LogP contribution in [0.4, 0.5) is 0 Å². The molecule has 0 fully saturated rings. The van der Waals surface area contributed by atoms with Crippen LogP contribution >= 0.6 is 0 Å². The van der Waals surface area contributed by atoms with Crippen molar-refractivity contribution in [1.29, 1.82) is 0 Å². The van der Waals surface area contributed by atoms with Crippen molar-refractivity contribution in [3.8, 4) is 5.69 Å². The molecule has 0 unspecified atom stereocenters. The summed E-state index contributed by atoms with van der Waals surface area (Å²) in [5.74, 6) is -0.676. The highest BCUT2D eigenvalue weighted by molar-refractivity contribution is 7.90. The number of hydrogen-bond acceptors (Lipinski definition) is 4. The molecule has 3 aromatic carbocycles. The smallest absolute Gasteiger partial charge is 0.265 e. The van der Waals surface area contributed by atoms with Gasteiger partial charge < -0.3 is 0 Å². The summed E-state index contributed by atoms with van der Waals surface area (Å²) in [6, 6.07) is 20.3. The molecule has 0 saturated carbocycles. The Bertz CT molecular complexity index is 1220. The maximum Gasteiger partial charge on any atom is 0.265 e. The van der Waals surface area contributed by atoms with Gasteiger partial charge in [0.25, 0.3) is 15.9 Å². The van der Waals surface area contributed by atoms with Gasteiger partial charge in [-0.3, -0.25) is 4.79 Å². The van der Waals surface area contributed by atoms with E-state index in [2.05, 4.69) is 9.82 Å². The third kappa shape index (κ3) is 3.32. The second-order valence-electron chi connectivity index (χ2n) is 5.91. The first-order valence-corrected chi connectivity index (χ1v) is 9.68. The van der Waals surface area contributed by atoms with E-state index in [0.29, 0.717) is 0 Å². The first kappa shape index (κ1) is 17.0. The summed E-state index contributed by atoms with van der Waals surface area (Å²) >= 11 is 0. The predicted molar refractivity (Wildman–Crippen MR) is 102 cm³/mol. The Labute approximate surface area is 156 Å². The molecule has 0 bridgehead atoms. The van der Waals surface area contributed by atoms with Crippen molar-refractivity contribution in [2.24, 2.45) is 0 Å². The van der Waals surface area contributed by atoms with Crippen LogP contribution in [0.15, 0.2) is 90.1 Å². The minimum atomic E-state index is -3.92. The number of fused-ring (bicyclic) bond motifs is 1. The van der Waals surface area contributed by atoms with Gasteiger partial charge in [0.05, 0.1) is 10.6 Å². The standard InChI is InChI=1S/C20H15N3O3S/c24-20(22-27(25,26)17-7-2-1-3-8-17)16-10-11-18-15(14-16)6-4-9-19(18)23-13-5-12-21-23/h1-14H,(H,22,24). The van der Waals surface area contributed by atoms with E-state index in [-0.39, 0.29) is 10.5 Å². The Morgan fingerprint density at radius 1 is 0.926 bits per heavy atom. The summed E-state index contributed by atoms with van der Waals surface area (Å²) < 4.78 is 28.5. The second kappa shape index (κ2) is 6.69. The first-order chi connectivity index (χ1) is 13.0. The number of sulfonamides is 1. The van der Waals surface area contributed by atoms with E-state index in [9.17, 15) is 13.2 Å². The normalized spacial score (nSPS) is 11.4. The molecule has 0 atom stereocenters. The molecule has 134 valence electrons. The molecule has 6 nitrogen and oxygen atoms in total. The molecule has 4 rings (SSSR count). The number of aromatic nitrogens is 2. The van der Waals surface area contributed by atoms with Crippen LogP contribution in [0.2, 0.25) is 0 Å². The largest absolute Gasteiger partial charge is 0.268 e. The molecule has 0 aliphatic carbocycles. The lowest BCUT2D eigenvalue weighted by Gasteiger charge is -2.10. The van der Waals surface area contributed by atoms with Crippen molar-refractivity contribution in [2.75, 3.05) is 0 Å². The Morgan fingerprint density at radius 2 is 1.74 bits per heavy atom. The van der Waals surface area contributed by atoms with E-state index in [1.54, 1.807) is 47.3 Å². The van der Waals surface area contributed by atoms with Crippen molar-refractivity contribution in [2.45, 2.75) is 4.90 Å². The number of carbonyl (C=O) groups excluding carboxylic acids is 1. The van der Waals surface area contributed by atoms with Crippen LogP contribution in [0.1, 0.15) is 10.4 Å². The van der Waals surface area contributed by atoms with Crippen LogP contribution in [0.3, 0.4) is 0 Å². The van der Waals surface area contributed by atoms with Crippen LogP contribution in [0.5, 0.6) is 0 Å². The van der Waals surface area contributed by atoms with E-state index in [1.165, 1.54) is 12.1 Å². The number of benzene rings is 3. The quantitative estimate of drug-likeness (QED) is 0.592. The maximum absolute atomic E-state index is 12.5. The van der Waals surface area contributed by atoms with Gasteiger partial charge in [0, 0.05) is 23.3 Å². The Balaban J connectivity index is 1.68. The van der Waals surface area contributed by atoms with Gasteiger partial charge in [0.1, 0.15) is 0 Å². The van der Waals surface area contributed by atoms with Crippen LogP contribution < -0.4 is 4.72 Å². The van der Waals surface area contributed by atoms with Gasteiger partial charge in [0.15, 0.2) is 0 Å². The van der Waals surface area contributed by atoms with E-state index in [0.717, 1.165) is 16.5 Å². The van der Waals surface area contributed by atoms with Gasteiger partial charge in [-0.25, -0.2) is 17.8 Å². The summed E-state index contributed by atoms with van der Waals surface area (Å²) in [4.78, 5) is 12.5. The molecular weight excluding hydrogens is 362 g/mol. The number of amides is 1. The molecule has 1 aromatic heterocycles. The topological polar surface area (TPSA) is 81.1 Å². The molecule has 0 saturated heterocycles. The number of rotatable bonds is 4. The minimum absolute atomic E-state index is 0.0418. The third-order valence-electron chi connectivity index (χ3n) is 4.15. The Kier molecular flexibility index (Phi) is 4.21. The van der Waals surface area contributed by atoms with Crippen LogP contribution in [0.25, 0.3) is 16.5 Å². The van der Waals surface area contributed by atoms with E-state index < -0.39 is 15.9 Å². The molecule has 7 heteroatoms. The van der Waals surface area contributed by atoms with Crippen LogP contribution in [-0.4, -0.2) is 24.1 Å². The first-order valence-electron chi connectivity index (χ1n) is 8.20. The lowest BCUT2D eigenvalue weighted by atomic mass is 10.1. The fourth-order valence-electron chi connectivity index (χ4n) is 2.86. The maximum atomic E-state index is 12.5. The molecule has 0 aliphatic heterocycles. The fourth-order valence-corrected chi connectivity index (χ4v) is 3.85. The van der Waals surface area contributed by atoms with E-state index in [1.807, 2.05) is 30.5 Å². The summed E-state index contributed by atoms with van der Waals surface area (Å²) in [5, 5.41) is 5.95. The lowest BCUT2D eigenvalue weighted by molar-refractivity contribution is 0.0981. The molecule has 1 N–H and O–H groups in total. The summed E-state index contributed by atoms with van der Waals surface area (Å²) in [5.41, 5.74) is 1.14. The van der Waals surface area contributed by atoms with Gasteiger partial charge in [-0.05, 0) is 41.8 Å². The van der Waals surface area contributed by atoms with Crippen molar-refractivity contribution in [3.05, 3.63) is 90.8 Å². The van der Waals surface area contributed by atoms with Gasteiger partial charge in [0.2, 0.25) is 0 Å². The van der Waals surface area contributed by atoms with Crippen molar-refractivity contribution < 1.29 is 13.2 Å². The van der Waals surface area contributed by atoms with Gasteiger partial charge in [-0.1, -0.05) is 36.4 Å². The molecule has 27 heavy (non-hydrogen) atoms. The summed E-state index contributed by atoms with van der Waals surface area (Å²) in [7, 11) is -3.92. The molecular formula is C20H15N3O3S. The van der Waals surface area contributed by atoms with E-state index in [4.69, 9.17) is 0 Å². The molecule has 0 radical (unpaired) electrons. The van der Waals surface area contributed by atoms with Crippen molar-refractivity contribution in [1.82, 2.24) is 14.5 Å². The van der Waals surface area contributed by atoms with Crippen molar-refractivity contribution >= 4 is 26.7 Å². The third-order valence-corrected chi connectivity index (χ3v) is 5.50. The Hall–Kier alpha value is -3.45. The highest BCUT2D eigenvalue weighted by atomic mass is 32.2. The minimum Gasteiger partial charge on any atom is -0.268 e. The lowest BCUT2D eigenvalue weighted by Crippen LogP contribution is -2.30. The SMILES string of the molecule is O=C(NS(=O)(=O)c1ccccc1)c1ccc2c(-n3cccn3)cccc2c1. The fraction of sp³-hybridized carbons (Fsp3) is 0. The zero-order chi connectivity index (χ0) is 18.9. The zero-order valence-electron chi connectivity index (χ0n) is 14.1. The van der Waals surface area contributed by atoms with Crippen LogP contribution in [-0.2, 0) is 10.0 Å². The van der Waals surface area contributed by atoms with Crippen LogP contribution in [0, 0.1) is 0 Å². The number of nitrogens with one attached hydrogen (secondary N) is 1. The molecule has 0 spiro atoms. The average molecular weight is 377 g/mol. The summed E-state index contributed by atoms with van der Waals surface area (Å²) in [6.07, 6.45) is 3.52. The predicted octanol–water partition coefficient (Wildman–Crippen LogP) is 3.14. The number of carbonyl (C=O) groups is 1.